The number of anilines is 1. The smallest absolute Gasteiger partial charge is 0.303 e. The fraction of sp³-hybridized carbons (Fsp3) is 0.257. The third kappa shape index (κ3) is 7.86. The number of phenolic OH excluding ortho intramolecular Hbond substituents is 1. The minimum atomic E-state index is -0.947. The third-order valence-electron chi connectivity index (χ3n) is 7.36. The number of aliphatic hydroxyl groups is 1. The van der Waals surface area contributed by atoms with Crippen LogP contribution in [0.2, 0.25) is 0 Å². The molecule has 1 fully saturated rings. The van der Waals surface area contributed by atoms with Crippen molar-refractivity contribution in [1.82, 2.24) is 0 Å². The molecule has 228 valence electrons. The number of amides is 1. The number of hydrogen-bond acceptors (Lipinski definition) is 8. The molecule has 1 aliphatic heterocycles. The first kappa shape index (κ1) is 31.3. The van der Waals surface area contributed by atoms with Crippen LogP contribution in [0.5, 0.6) is 5.75 Å². The summed E-state index contributed by atoms with van der Waals surface area (Å²) in [6.45, 7) is 2.72. The van der Waals surface area contributed by atoms with Gasteiger partial charge >= 0.3 is 5.97 Å². The topological polar surface area (TPSA) is 114 Å². The number of phenols is 1. The largest absolute Gasteiger partial charge is 0.508 e. The highest BCUT2D eigenvalue weighted by atomic mass is 32.2. The highest BCUT2D eigenvalue weighted by Crippen LogP contribution is 2.48. The number of carbonyl (C=O) groups excluding carboxylic acids is 2. The van der Waals surface area contributed by atoms with E-state index in [9.17, 15) is 19.8 Å². The van der Waals surface area contributed by atoms with E-state index in [1.54, 1.807) is 36.0 Å². The summed E-state index contributed by atoms with van der Waals surface area (Å²) in [5, 5.41) is 22.2. The van der Waals surface area contributed by atoms with Gasteiger partial charge in [0.25, 0.3) is 5.91 Å². The normalized spacial score (nSPS) is 20.4. The molecule has 9 heteroatoms. The van der Waals surface area contributed by atoms with Crippen LogP contribution in [0.3, 0.4) is 0 Å². The van der Waals surface area contributed by atoms with Crippen molar-refractivity contribution in [2.24, 2.45) is 0 Å². The second-order valence-electron chi connectivity index (χ2n) is 10.6. The molecular weight excluding hydrogens is 578 g/mol. The Morgan fingerprint density at radius 2 is 1.59 bits per heavy atom. The van der Waals surface area contributed by atoms with Gasteiger partial charge in [-0.25, -0.2) is 0 Å². The van der Waals surface area contributed by atoms with E-state index < -0.39 is 30.4 Å². The van der Waals surface area contributed by atoms with Gasteiger partial charge in [0.15, 0.2) is 12.4 Å². The molecule has 44 heavy (non-hydrogen) atoms. The molecule has 0 bridgehead atoms. The van der Waals surface area contributed by atoms with Crippen LogP contribution in [0.15, 0.2) is 108 Å². The van der Waals surface area contributed by atoms with E-state index in [1.807, 2.05) is 66.7 Å². The molecule has 4 aromatic rings. The van der Waals surface area contributed by atoms with Gasteiger partial charge in [-0.3, -0.25) is 9.59 Å². The van der Waals surface area contributed by atoms with E-state index in [-0.39, 0.29) is 24.4 Å². The van der Waals surface area contributed by atoms with Crippen LogP contribution in [0.1, 0.15) is 54.4 Å². The lowest BCUT2D eigenvalue weighted by Gasteiger charge is -2.43. The highest BCUT2D eigenvalue weighted by Gasteiger charge is 2.42. The molecule has 4 aromatic carbocycles. The summed E-state index contributed by atoms with van der Waals surface area (Å²) in [6, 6.07) is 32.2. The quantitative estimate of drug-likeness (QED) is 0.137. The summed E-state index contributed by atoms with van der Waals surface area (Å²) in [4.78, 5) is 24.9. The predicted octanol–water partition coefficient (Wildman–Crippen LogP) is 6.51. The van der Waals surface area contributed by atoms with Crippen molar-refractivity contribution in [3.05, 3.63) is 125 Å². The molecule has 0 saturated carbocycles. The fourth-order valence-corrected chi connectivity index (χ4v) is 6.15. The van der Waals surface area contributed by atoms with Gasteiger partial charge in [-0.05, 0) is 60.0 Å². The van der Waals surface area contributed by atoms with Crippen LogP contribution < -0.4 is 5.32 Å². The lowest BCUT2D eigenvalue weighted by atomic mass is 9.84. The zero-order chi connectivity index (χ0) is 31.1. The Hall–Kier alpha value is -4.15. The Morgan fingerprint density at radius 1 is 0.886 bits per heavy atom. The maximum absolute atomic E-state index is 12.6. The first-order valence-electron chi connectivity index (χ1n) is 14.4. The second kappa shape index (κ2) is 14.5. The van der Waals surface area contributed by atoms with Crippen LogP contribution >= 0.6 is 11.8 Å². The van der Waals surface area contributed by atoms with Gasteiger partial charge in [0, 0.05) is 34.7 Å². The van der Waals surface area contributed by atoms with Crippen molar-refractivity contribution in [3.63, 3.8) is 0 Å². The maximum Gasteiger partial charge on any atom is 0.303 e. The summed E-state index contributed by atoms with van der Waals surface area (Å²) >= 11 is 1.63. The van der Waals surface area contributed by atoms with Crippen molar-refractivity contribution in [1.29, 1.82) is 0 Å². The zero-order valence-corrected chi connectivity index (χ0v) is 25.3. The predicted molar refractivity (Wildman–Crippen MR) is 168 cm³/mol. The molecule has 0 aromatic heterocycles. The van der Waals surface area contributed by atoms with Gasteiger partial charge in [-0.2, -0.15) is 0 Å². The Kier molecular flexibility index (Phi) is 10.3. The number of aromatic hydroxyl groups is 1. The number of rotatable bonds is 10. The first-order valence-corrected chi connectivity index (χ1v) is 15.3. The van der Waals surface area contributed by atoms with Gasteiger partial charge in [0.05, 0.1) is 18.8 Å². The van der Waals surface area contributed by atoms with E-state index in [0.29, 0.717) is 17.0 Å². The minimum Gasteiger partial charge on any atom is -0.508 e. The SMILES string of the molecule is CC(=O)O[C@@H](C)C(=O)Nc1cccc(C2O[C@H](CSc3ccc(O)cc3)[C@@H](c3ccccc3)[C@H](c3ccc(CO)cc3)O2)c1. The standard InChI is InChI=1S/C35H35NO7S/c1-22(41-23(2)38)34(40)36-28-10-6-9-27(19-28)35-42-31(21-44-30-17-15-29(39)16-18-30)32(25-7-4-3-5-8-25)33(43-35)26-13-11-24(20-37)12-14-26/h3-19,22,31-33,35,37,39H,20-21H2,1-2H3,(H,36,40)/t22-,31+,32+,33-,35?/m0/s1. The molecule has 1 aliphatic rings. The molecule has 0 radical (unpaired) electrons. The molecule has 1 heterocycles. The van der Waals surface area contributed by atoms with E-state index in [1.165, 1.54) is 13.8 Å². The Balaban J connectivity index is 1.48. The van der Waals surface area contributed by atoms with Crippen LogP contribution in [0.25, 0.3) is 0 Å². The zero-order valence-electron chi connectivity index (χ0n) is 24.5. The number of carbonyl (C=O) groups is 2. The average molecular weight is 614 g/mol. The Morgan fingerprint density at radius 3 is 2.27 bits per heavy atom. The van der Waals surface area contributed by atoms with Gasteiger partial charge in [-0.1, -0.05) is 66.7 Å². The number of nitrogens with one attached hydrogen (secondary N) is 1. The van der Waals surface area contributed by atoms with E-state index >= 15 is 0 Å². The van der Waals surface area contributed by atoms with E-state index in [4.69, 9.17) is 14.2 Å². The van der Waals surface area contributed by atoms with Gasteiger partial charge in [-0.15, -0.1) is 11.8 Å². The molecule has 5 rings (SSSR count). The molecule has 0 spiro atoms. The molecule has 0 aliphatic carbocycles. The minimum absolute atomic E-state index is 0.0554. The summed E-state index contributed by atoms with van der Waals surface area (Å²) in [5.41, 5.74) is 4.05. The third-order valence-corrected chi connectivity index (χ3v) is 8.46. The molecule has 1 amide bonds. The molecular formula is C35H35NO7S. The highest BCUT2D eigenvalue weighted by molar-refractivity contribution is 7.99. The number of aliphatic hydroxyl groups excluding tert-OH is 1. The lowest BCUT2D eigenvalue weighted by molar-refractivity contribution is -0.255. The van der Waals surface area contributed by atoms with Crippen molar-refractivity contribution in [2.45, 2.75) is 55.9 Å². The van der Waals surface area contributed by atoms with E-state index in [2.05, 4.69) is 17.4 Å². The van der Waals surface area contributed by atoms with E-state index in [0.717, 1.165) is 21.6 Å². The summed E-state index contributed by atoms with van der Waals surface area (Å²) in [6.07, 6.45) is -2.39. The molecule has 1 unspecified atom stereocenters. The number of benzene rings is 4. The summed E-state index contributed by atoms with van der Waals surface area (Å²) in [5.74, 6) is -0.333. The Bertz CT molecular complexity index is 1550. The van der Waals surface area contributed by atoms with Crippen LogP contribution in [-0.4, -0.2) is 40.1 Å². The number of ether oxygens (including phenoxy) is 3. The average Bonchev–Trinajstić information content (AvgIpc) is 3.04. The summed E-state index contributed by atoms with van der Waals surface area (Å²) < 4.78 is 18.5. The van der Waals surface area contributed by atoms with Gasteiger partial charge in [0.2, 0.25) is 0 Å². The van der Waals surface area contributed by atoms with Crippen LogP contribution in [0.4, 0.5) is 5.69 Å². The molecule has 5 atom stereocenters. The number of thioether (sulfide) groups is 1. The van der Waals surface area contributed by atoms with Crippen molar-refractivity contribution in [2.75, 3.05) is 11.1 Å². The monoisotopic (exact) mass is 613 g/mol. The van der Waals surface area contributed by atoms with Crippen molar-refractivity contribution < 1.29 is 34.0 Å². The lowest BCUT2D eigenvalue weighted by Crippen LogP contribution is -2.38. The fourth-order valence-electron chi connectivity index (χ4n) is 5.18. The van der Waals surface area contributed by atoms with Gasteiger partial charge < -0.3 is 29.7 Å². The molecule has 3 N–H and O–H groups in total. The molecule has 8 nitrogen and oxygen atoms in total. The van der Waals surface area contributed by atoms with Crippen molar-refractivity contribution >= 4 is 29.3 Å². The molecule has 1 saturated heterocycles. The van der Waals surface area contributed by atoms with Crippen LogP contribution in [-0.2, 0) is 30.4 Å². The van der Waals surface area contributed by atoms with Crippen LogP contribution in [0, 0.1) is 0 Å². The van der Waals surface area contributed by atoms with Crippen molar-refractivity contribution in [3.8, 4) is 5.75 Å². The maximum atomic E-state index is 12.6. The van der Waals surface area contributed by atoms with Gasteiger partial charge in [0.1, 0.15) is 5.75 Å². The number of esters is 1. The first-order chi connectivity index (χ1) is 21.3. The number of hydrogen-bond donors (Lipinski definition) is 3. The Labute approximate surface area is 261 Å². The summed E-state index contributed by atoms with van der Waals surface area (Å²) in [7, 11) is 0. The second-order valence-corrected chi connectivity index (χ2v) is 11.7.